The van der Waals surface area contributed by atoms with Crippen LogP contribution in [-0.2, 0) is 9.59 Å². The van der Waals surface area contributed by atoms with Crippen LogP contribution in [0.1, 0.15) is 16.7 Å². The molecule has 1 amide bonds. The van der Waals surface area contributed by atoms with Crippen LogP contribution in [0.3, 0.4) is 0 Å². The maximum atomic E-state index is 11.3. The molecule has 2 aromatic rings. The molecule has 0 heterocycles. The zero-order valence-corrected chi connectivity index (χ0v) is 13.5. The number of nitrogens with two attached hydrogens (primary N) is 2. The van der Waals surface area contributed by atoms with Crippen LogP contribution in [0.15, 0.2) is 47.5 Å². The van der Waals surface area contributed by atoms with Gasteiger partial charge in [0.2, 0.25) is 0 Å². The third kappa shape index (κ3) is 4.09. The van der Waals surface area contributed by atoms with E-state index < -0.39 is 11.9 Å². The SMILES string of the molecule is N=CN=C(N)c1ccc(N)c(C(=N)c2cccc(NC(=O)C(=O)O)c2)c1. The van der Waals surface area contributed by atoms with Crippen LogP contribution in [0.2, 0.25) is 0 Å². The van der Waals surface area contributed by atoms with Gasteiger partial charge in [0.1, 0.15) is 12.2 Å². The maximum Gasteiger partial charge on any atom is 0.394 e. The molecule has 0 aromatic heterocycles. The van der Waals surface area contributed by atoms with Crippen LogP contribution in [0.5, 0.6) is 0 Å². The van der Waals surface area contributed by atoms with Crippen molar-refractivity contribution in [2.24, 2.45) is 10.7 Å². The highest BCUT2D eigenvalue weighted by Crippen LogP contribution is 2.20. The number of nitrogen functional groups attached to an aromatic ring is 1. The third-order valence-corrected chi connectivity index (χ3v) is 3.43. The molecule has 9 heteroatoms. The standard InChI is InChI=1S/C17H16N6O3/c18-8-22-15(21)10-4-5-13(19)12(7-10)14(20)9-2-1-3-11(6-9)23-16(24)17(25)26/h1-8,20H,19H2,(H,23,24)(H,25,26)(H3,18,21,22). The average Bonchev–Trinajstić information content (AvgIpc) is 2.61. The molecular formula is C17H16N6O3. The smallest absolute Gasteiger partial charge is 0.394 e. The first-order valence-corrected chi connectivity index (χ1v) is 7.29. The van der Waals surface area contributed by atoms with Gasteiger partial charge < -0.3 is 21.9 Å². The Bertz CT molecular complexity index is 936. The van der Waals surface area contributed by atoms with Gasteiger partial charge in [0.15, 0.2) is 0 Å². The van der Waals surface area contributed by atoms with Gasteiger partial charge in [0.25, 0.3) is 0 Å². The molecule has 0 bridgehead atoms. The van der Waals surface area contributed by atoms with Crippen LogP contribution < -0.4 is 16.8 Å². The Morgan fingerprint density at radius 3 is 2.54 bits per heavy atom. The van der Waals surface area contributed by atoms with Gasteiger partial charge in [-0.2, -0.15) is 0 Å². The fourth-order valence-electron chi connectivity index (χ4n) is 2.17. The Morgan fingerprint density at radius 1 is 1.15 bits per heavy atom. The number of amides is 1. The lowest BCUT2D eigenvalue weighted by Crippen LogP contribution is -2.22. The van der Waals surface area contributed by atoms with E-state index in [0.717, 1.165) is 6.34 Å². The molecule has 8 N–H and O–H groups in total. The van der Waals surface area contributed by atoms with E-state index in [1.807, 2.05) is 0 Å². The van der Waals surface area contributed by atoms with Crippen molar-refractivity contribution in [2.45, 2.75) is 0 Å². The van der Waals surface area contributed by atoms with Crippen molar-refractivity contribution < 1.29 is 14.7 Å². The largest absolute Gasteiger partial charge is 0.474 e. The first kappa shape index (κ1) is 18.3. The van der Waals surface area contributed by atoms with Gasteiger partial charge >= 0.3 is 11.9 Å². The summed E-state index contributed by atoms with van der Waals surface area (Å²) in [7, 11) is 0. The van der Waals surface area contributed by atoms with Crippen molar-refractivity contribution in [3.8, 4) is 0 Å². The Morgan fingerprint density at radius 2 is 1.88 bits per heavy atom. The van der Waals surface area contributed by atoms with Crippen LogP contribution in [-0.4, -0.2) is 34.9 Å². The molecule has 0 fully saturated rings. The number of nitrogens with one attached hydrogen (secondary N) is 3. The fourth-order valence-corrected chi connectivity index (χ4v) is 2.17. The number of nitrogens with zero attached hydrogens (tertiary/aromatic N) is 1. The molecule has 0 atom stereocenters. The predicted octanol–water partition coefficient (Wildman–Crippen LogP) is 1.02. The number of carbonyl (C=O) groups excluding carboxylic acids is 1. The van der Waals surface area contributed by atoms with Crippen molar-refractivity contribution in [3.05, 3.63) is 59.2 Å². The molecule has 2 aromatic carbocycles. The van der Waals surface area contributed by atoms with E-state index in [9.17, 15) is 9.59 Å². The highest BCUT2D eigenvalue weighted by atomic mass is 16.4. The van der Waals surface area contributed by atoms with Crippen molar-refractivity contribution in [1.82, 2.24) is 0 Å². The summed E-state index contributed by atoms with van der Waals surface area (Å²) < 4.78 is 0. The topological polar surface area (TPSA) is 178 Å². The predicted molar refractivity (Wildman–Crippen MR) is 99.0 cm³/mol. The van der Waals surface area contributed by atoms with Gasteiger partial charge in [0.05, 0.1) is 5.71 Å². The van der Waals surface area contributed by atoms with Gasteiger partial charge in [-0.1, -0.05) is 12.1 Å². The van der Waals surface area contributed by atoms with Crippen LogP contribution in [0.25, 0.3) is 0 Å². The lowest BCUT2D eigenvalue weighted by atomic mass is 9.98. The molecule has 0 radical (unpaired) electrons. The molecule has 0 aliphatic heterocycles. The number of carboxylic acids is 1. The molecule has 0 aliphatic rings. The van der Waals surface area contributed by atoms with E-state index in [1.165, 1.54) is 12.1 Å². The van der Waals surface area contributed by atoms with Gasteiger partial charge in [-0.25, -0.2) is 9.79 Å². The zero-order chi connectivity index (χ0) is 19.3. The Balaban J connectivity index is 2.39. The summed E-state index contributed by atoms with van der Waals surface area (Å²) in [6.07, 6.45) is 0.811. The summed E-state index contributed by atoms with van der Waals surface area (Å²) in [5.41, 5.74) is 13.6. The molecule has 0 spiro atoms. The zero-order valence-electron chi connectivity index (χ0n) is 13.5. The van der Waals surface area contributed by atoms with E-state index in [-0.39, 0.29) is 17.2 Å². The van der Waals surface area contributed by atoms with Gasteiger partial charge in [0, 0.05) is 28.1 Å². The molecule has 0 saturated carbocycles. The molecule has 0 unspecified atom stereocenters. The number of hydrogen-bond acceptors (Lipinski definition) is 5. The lowest BCUT2D eigenvalue weighted by Gasteiger charge is -2.11. The van der Waals surface area contributed by atoms with E-state index >= 15 is 0 Å². The summed E-state index contributed by atoms with van der Waals surface area (Å²) in [6, 6.07) is 10.9. The average molecular weight is 352 g/mol. The fraction of sp³-hybridized carbons (Fsp3) is 0. The second-order valence-electron chi connectivity index (χ2n) is 5.16. The van der Waals surface area contributed by atoms with Gasteiger partial charge in [-0.05, 0) is 30.3 Å². The summed E-state index contributed by atoms with van der Waals surface area (Å²) in [6.45, 7) is 0. The highest BCUT2D eigenvalue weighted by molar-refractivity contribution is 6.36. The molecule has 2 rings (SSSR count). The monoisotopic (exact) mass is 352 g/mol. The van der Waals surface area contributed by atoms with Crippen LogP contribution >= 0.6 is 0 Å². The minimum Gasteiger partial charge on any atom is -0.474 e. The highest BCUT2D eigenvalue weighted by Gasteiger charge is 2.14. The minimum atomic E-state index is -1.61. The number of benzene rings is 2. The second-order valence-corrected chi connectivity index (χ2v) is 5.16. The van der Waals surface area contributed by atoms with Crippen molar-refractivity contribution in [3.63, 3.8) is 0 Å². The van der Waals surface area contributed by atoms with E-state index in [0.29, 0.717) is 22.4 Å². The quantitative estimate of drug-likeness (QED) is 0.203. The molecule has 26 heavy (non-hydrogen) atoms. The van der Waals surface area contributed by atoms with Crippen molar-refractivity contribution >= 4 is 41.1 Å². The van der Waals surface area contributed by atoms with E-state index in [2.05, 4.69) is 10.3 Å². The molecule has 0 saturated heterocycles. The number of carbonyl (C=O) groups is 2. The third-order valence-electron chi connectivity index (χ3n) is 3.43. The van der Waals surface area contributed by atoms with Crippen molar-refractivity contribution in [1.29, 1.82) is 10.8 Å². The summed E-state index contributed by atoms with van der Waals surface area (Å²) in [4.78, 5) is 25.6. The molecule has 132 valence electrons. The number of aliphatic carboxylic acids is 1. The number of rotatable bonds is 5. The number of hydrogen-bond donors (Lipinski definition) is 6. The number of aliphatic imine (C=N–C) groups is 1. The van der Waals surface area contributed by atoms with Crippen molar-refractivity contribution in [2.75, 3.05) is 11.1 Å². The van der Waals surface area contributed by atoms with Gasteiger partial charge in [-0.15, -0.1) is 0 Å². The van der Waals surface area contributed by atoms with E-state index in [1.54, 1.807) is 30.3 Å². The Hall–Kier alpha value is -4.01. The van der Waals surface area contributed by atoms with Crippen LogP contribution in [0, 0.1) is 10.8 Å². The molecular weight excluding hydrogens is 336 g/mol. The molecule has 0 aliphatic carbocycles. The molecule has 9 nitrogen and oxygen atoms in total. The van der Waals surface area contributed by atoms with Crippen LogP contribution in [0.4, 0.5) is 11.4 Å². The number of amidine groups is 1. The normalized spacial score (nSPS) is 10.8. The Kier molecular flexibility index (Phi) is 5.43. The first-order chi connectivity index (χ1) is 12.3. The summed E-state index contributed by atoms with van der Waals surface area (Å²) in [5.74, 6) is -2.68. The second kappa shape index (κ2) is 7.71. The van der Waals surface area contributed by atoms with Gasteiger partial charge in [-0.3, -0.25) is 15.6 Å². The lowest BCUT2D eigenvalue weighted by molar-refractivity contribution is -0.147. The van der Waals surface area contributed by atoms with E-state index in [4.69, 9.17) is 27.4 Å². The summed E-state index contributed by atoms with van der Waals surface area (Å²) in [5, 5.41) is 26.2. The summed E-state index contributed by atoms with van der Waals surface area (Å²) >= 11 is 0. The Labute approximate surface area is 148 Å². The number of carboxylic acid groups (broad SMARTS) is 1. The number of anilines is 2. The first-order valence-electron chi connectivity index (χ1n) is 7.29. The maximum absolute atomic E-state index is 11.3. The minimum absolute atomic E-state index is 0.0541.